The minimum absolute atomic E-state index is 0.0454. The number of methoxy groups -OCH3 is 1. The van der Waals surface area contributed by atoms with Crippen molar-refractivity contribution in [3.05, 3.63) is 60.3 Å². The Morgan fingerprint density at radius 2 is 1.64 bits per heavy atom. The first kappa shape index (κ1) is 34.9. The van der Waals surface area contributed by atoms with Crippen molar-refractivity contribution in [1.82, 2.24) is 10.2 Å². The Morgan fingerprint density at radius 1 is 0.933 bits per heavy atom. The van der Waals surface area contributed by atoms with Crippen LogP contribution in [-0.4, -0.2) is 86.6 Å². The maximum Gasteiger partial charge on any atom is 0.330 e. The van der Waals surface area contributed by atoms with Gasteiger partial charge in [0, 0.05) is 51.0 Å². The van der Waals surface area contributed by atoms with Crippen LogP contribution in [0.25, 0.3) is 0 Å². The number of ether oxygens (including phenoxy) is 4. The number of carbonyl (C=O) groups is 3. The third kappa shape index (κ3) is 12.0. The van der Waals surface area contributed by atoms with Crippen LogP contribution in [0.15, 0.2) is 60.3 Å². The lowest BCUT2D eigenvalue weighted by Crippen LogP contribution is -2.46. The molecule has 0 aromatic carbocycles. The minimum atomic E-state index is -0.462. The normalized spacial score (nSPS) is 33.8. The first-order chi connectivity index (χ1) is 21.8. The minimum Gasteiger partial charge on any atom is -0.466 e. The second-order valence-electron chi connectivity index (χ2n) is 12.8. The molecule has 1 amide bonds. The van der Waals surface area contributed by atoms with Crippen LogP contribution in [0, 0.1) is 11.8 Å². The van der Waals surface area contributed by atoms with E-state index in [1.807, 2.05) is 41.4 Å². The molecule has 3 saturated heterocycles. The van der Waals surface area contributed by atoms with Crippen LogP contribution in [0.1, 0.15) is 71.6 Å². The highest BCUT2D eigenvalue weighted by molar-refractivity contribution is 5.82. The summed E-state index contributed by atoms with van der Waals surface area (Å²) < 4.78 is 23.9. The first-order valence-electron chi connectivity index (χ1n) is 16.7. The topological polar surface area (TPSA) is 103 Å². The monoisotopic (exact) mass is 624 g/mol. The van der Waals surface area contributed by atoms with E-state index in [-0.39, 0.29) is 48.6 Å². The summed E-state index contributed by atoms with van der Waals surface area (Å²) in [5.41, 5.74) is 0.929. The molecule has 0 aliphatic carbocycles. The van der Waals surface area contributed by atoms with Crippen molar-refractivity contribution < 1.29 is 33.3 Å². The van der Waals surface area contributed by atoms with Crippen molar-refractivity contribution in [3.63, 3.8) is 0 Å². The van der Waals surface area contributed by atoms with E-state index in [2.05, 4.69) is 31.3 Å². The summed E-state index contributed by atoms with van der Waals surface area (Å²) in [6.07, 6.45) is 22.9. The maximum atomic E-state index is 13.3. The van der Waals surface area contributed by atoms with E-state index in [1.165, 1.54) is 7.11 Å². The van der Waals surface area contributed by atoms with Crippen molar-refractivity contribution in [1.29, 1.82) is 0 Å². The molecule has 0 spiro atoms. The molecule has 7 atom stereocenters. The van der Waals surface area contributed by atoms with Gasteiger partial charge in [0.25, 0.3) is 0 Å². The summed E-state index contributed by atoms with van der Waals surface area (Å²) in [5.74, 6) is -0.311. The predicted octanol–water partition coefficient (Wildman–Crippen LogP) is 4.99. The van der Waals surface area contributed by atoms with Crippen LogP contribution in [0.4, 0.5) is 0 Å². The zero-order valence-corrected chi connectivity index (χ0v) is 27.2. The molecule has 4 rings (SSSR count). The number of esters is 2. The van der Waals surface area contributed by atoms with Gasteiger partial charge in [-0.15, -0.1) is 0 Å². The van der Waals surface area contributed by atoms with Gasteiger partial charge in [-0.05, 0) is 50.5 Å². The summed E-state index contributed by atoms with van der Waals surface area (Å²) in [7, 11) is 1.37. The van der Waals surface area contributed by atoms with Gasteiger partial charge in [0.05, 0.1) is 37.9 Å². The molecule has 248 valence electrons. The first-order valence-corrected chi connectivity index (χ1v) is 16.7. The number of fused-ring (bicyclic) bond motifs is 4. The van der Waals surface area contributed by atoms with Crippen molar-refractivity contribution in [2.24, 2.45) is 11.8 Å². The molecule has 0 aromatic heterocycles. The lowest BCUT2D eigenvalue weighted by Gasteiger charge is -2.37. The number of piperazine rings is 1. The number of hydrogen-bond acceptors (Lipinski definition) is 8. The molecule has 4 bridgehead atoms. The highest BCUT2D eigenvalue weighted by Crippen LogP contribution is 2.33. The molecule has 4 aliphatic rings. The van der Waals surface area contributed by atoms with Gasteiger partial charge in [0.2, 0.25) is 5.91 Å². The van der Waals surface area contributed by atoms with Gasteiger partial charge in [-0.25, -0.2) is 4.79 Å². The van der Waals surface area contributed by atoms with Gasteiger partial charge in [-0.1, -0.05) is 62.0 Å². The largest absolute Gasteiger partial charge is 0.466 e. The Bertz CT molecular complexity index is 1140. The molecular weight excluding hydrogens is 572 g/mol. The van der Waals surface area contributed by atoms with Crippen molar-refractivity contribution in [2.45, 2.75) is 102 Å². The smallest absolute Gasteiger partial charge is 0.330 e. The Hall–Kier alpha value is -3.01. The van der Waals surface area contributed by atoms with Crippen molar-refractivity contribution in [3.8, 4) is 0 Å². The van der Waals surface area contributed by atoms with Crippen LogP contribution in [0.3, 0.4) is 0 Å². The fourth-order valence-electron chi connectivity index (χ4n) is 6.53. The van der Waals surface area contributed by atoms with E-state index in [0.29, 0.717) is 25.2 Å². The van der Waals surface area contributed by atoms with Gasteiger partial charge in [-0.3, -0.25) is 9.59 Å². The van der Waals surface area contributed by atoms with Gasteiger partial charge in [-0.2, -0.15) is 0 Å². The Morgan fingerprint density at radius 3 is 2.42 bits per heavy atom. The number of cyclic esters (lactones) is 1. The summed E-state index contributed by atoms with van der Waals surface area (Å²) in [5, 5.41) is 3.26. The van der Waals surface area contributed by atoms with E-state index in [1.54, 1.807) is 6.08 Å². The van der Waals surface area contributed by atoms with E-state index in [9.17, 15) is 14.4 Å². The quantitative estimate of drug-likeness (QED) is 0.191. The molecule has 0 saturated carbocycles. The molecule has 45 heavy (non-hydrogen) atoms. The lowest BCUT2D eigenvalue weighted by molar-refractivity contribution is -0.154. The Balaban J connectivity index is 1.43. The van der Waals surface area contributed by atoms with Crippen LogP contribution < -0.4 is 5.32 Å². The highest BCUT2D eigenvalue weighted by Gasteiger charge is 2.33. The van der Waals surface area contributed by atoms with E-state index in [4.69, 9.17) is 18.9 Å². The average molecular weight is 625 g/mol. The number of amides is 1. The van der Waals surface area contributed by atoms with Crippen molar-refractivity contribution >= 4 is 17.8 Å². The number of carbonyl (C=O) groups excluding carboxylic acids is 3. The van der Waals surface area contributed by atoms with Gasteiger partial charge < -0.3 is 29.2 Å². The zero-order valence-electron chi connectivity index (χ0n) is 27.2. The molecule has 3 fully saturated rings. The molecule has 0 radical (unpaired) electrons. The number of rotatable bonds is 6. The summed E-state index contributed by atoms with van der Waals surface area (Å²) in [6.45, 7) is 7.45. The van der Waals surface area contributed by atoms with Gasteiger partial charge in [0.1, 0.15) is 6.10 Å². The number of nitrogens with one attached hydrogen (secondary N) is 1. The Labute approximate surface area is 268 Å². The fraction of sp³-hybridized carbons (Fsp3) is 0.639. The van der Waals surface area contributed by atoms with E-state index >= 15 is 0 Å². The molecule has 9 heteroatoms. The molecule has 0 aromatic rings. The standard InChI is InChI=1S/C36H52N2O7/c1-26-14-15-27(2)33(12-7-5-4-6-8-13-34(39)38-18-16-37-17-19-38)45-36(41)25-32-22-28(23-35(40)42-3)21-31(44-32)24-30-11-9-10-29(20-26)43-30/h4-8,12,14-15,23,26-27,29-33,37H,9-11,13,16-22,24-25H2,1-3H3/b5-4-,8-6+,12-7+,15-14+,28-23-. The van der Waals surface area contributed by atoms with Crippen molar-refractivity contribution in [2.75, 3.05) is 33.3 Å². The maximum absolute atomic E-state index is 13.3. The zero-order chi connectivity index (χ0) is 32.0. The summed E-state index contributed by atoms with van der Waals surface area (Å²) in [4.78, 5) is 39.5. The molecule has 4 aliphatic heterocycles. The highest BCUT2D eigenvalue weighted by atomic mass is 16.6. The molecule has 9 nitrogen and oxygen atoms in total. The van der Waals surface area contributed by atoms with E-state index in [0.717, 1.165) is 63.9 Å². The average Bonchev–Trinajstić information content (AvgIpc) is 3.02. The van der Waals surface area contributed by atoms with Crippen LogP contribution in [0.5, 0.6) is 0 Å². The fourth-order valence-corrected chi connectivity index (χ4v) is 6.53. The van der Waals surface area contributed by atoms with Crippen LogP contribution in [-0.2, 0) is 33.3 Å². The van der Waals surface area contributed by atoms with E-state index < -0.39 is 12.1 Å². The SMILES string of the molecule is COC(=O)/C=C1\CC2CC(=O)OC(/C=C/C=C\C=C\CC(=O)N3CCNCC3)C(C)/C=C/C(C)CC3CCCC(CC(C1)O2)O3. The summed E-state index contributed by atoms with van der Waals surface area (Å²) >= 11 is 0. The molecule has 7 unspecified atom stereocenters. The summed E-state index contributed by atoms with van der Waals surface area (Å²) in [6, 6.07) is 0. The van der Waals surface area contributed by atoms with Gasteiger partial charge >= 0.3 is 11.9 Å². The predicted molar refractivity (Wildman–Crippen MR) is 173 cm³/mol. The molecule has 4 heterocycles. The van der Waals surface area contributed by atoms with Gasteiger partial charge in [0.15, 0.2) is 0 Å². The molecule has 1 N–H and O–H groups in total. The number of nitrogens with zero attached hydrogens (tertiary/aromatic N) is 1. The third-order valence-electron chi connectivity index (χ3n) is 8.94. The Kier molecular flexibility index (Phi) is 14.1. The van der Waals surface area contributed by atoms with Crippen LogP contribution >= 0.6 is 0 Å². The second-order valence-corrected chi connectivity index (χ2v) is 12.8. The van der Waals surface area contributed by atoms with Crippen LogP contribution in [0.2, 0.25) is 0 Å². The lowest BCUT2D eigenvalue weighted by atomic mass is 9.89. The number of hydrogen-bond donors (Lipinski definition) is 1. The third-order valence-corrected chi connectivity index (χ3v) is 8.94. The molecular formula is C36H52N2O7. The number of allylic oxidation sites excluding steroid dienone is 5. The second kappa shape index (κ2) is 18.2.